The van der Waals surface area contributed by atoms with Crippen LogP contribution in [0.1, 0.15) is 41.4 Å². The molecular formula is C27H26N4O3S. The highest BCUT2D eigenvalue weighted by molar-refractivity contribution is 7.92. The fraction of sp³-hybridized carbons (Fsp3) is 0.185. The lowest BCUT2D eigenvalue weighted by Crippen LogP contribution is -2.36. The smallest absolute Gasteiger partial charge is 0.264 e. The van der Waals surface area contributed by atoms with Crippen molar-refractivity contribution < 1.29 is 13.2 Å². The standard InChI is InChI=1S/C27H26N4O3S/c1-19-16-22-6-3-4-9-26(22)31(19)35(33,34)25-8-5-7-23(17-25)27(32)29-20(2)21-10-12-24(13-11-21)30-15-14-28-18-30/h3-15,17-20H,16H2,1-2H3,(H,29,32)/t19-,20+/m0/s1. The first-order valence-electron chi connectivity index (χ1n) is 11.5. The van der Waals surface area contributed by atoms with Gasteiger partial charge in [0.15, 0.2) is 0 Å². The average Bonchev–Trinajstić information content (AvgIpc) is 3.52. The van der Waals surface area contributed by atoms with Gasteiger partial charge < -0.3 is 9.88 Å². The SMILES string of the molecule is C[C@@H](NC(=O)c1cccc(S(=O)(=O)N2c3ccccc3C[C@@H]2C)c1)c1ccc(-n2ccnc2)cc1. The van der Waals surface area contributed by atoms with E-state index in [0.717, 1.165) is 16.8 Å². The molecule has 1 N–H and O–H groups in total. The van der Waals surface area contributed by atoms with Crippen molar-refractivity contribution in [1.29, 1.82) is 0 Å². The summed E-state index contributed by atoms with van der Waals surface area (Å²) in [4.78, 5) is 17.2. The van der Waals surface area contributed by atoms with E-state index in [1.54, 1.807) is 24.7 Å². The Morgan fingerprint density at radius 3 is 2.57 bits per heavy atom. The predicted octanol–water partition coefficient (Wildman–Crippen LogP) is 4.50. The summed E-state index contributed by atoms with van der Waals surface area (Å²) in [5.41, 5.74) is 3.91. The summed E-state index contributed by atoms with van der Waals surface area (Å²) in [5, 5.41) is 2.97. The van der Waals surface area contributed by atoms with E-state index in [1.165, 1.54) is 16.4 Å². The summed E-state index contributed by atoms with van der Waals surface area (Å²) in [6.07, 6.45) is 5.96. The summed E-state index contributed by atoms with van der Waals surface area (Å²) in [7, 11) is -3.82. The third kappa shape index (κ3) is 4.33. The number of hydrogen-bond acceptors (Lipinski definition) is 4. The van der Waals surface area contributed by atoms with Crippen molar-refractivity contribution in [2.24, 2.45) is 0 Å². The maximum atomic E-state index is 13.5. The highest BCUT2D eigenvalue weighted by Crippen LogP contribution is 2.36. The second-order valence-corrected chi connectivity index (χ2v) is 10.6. The van der Waals surface area contributed by atoms with Crippen LogP contribution in [-0.4, -0.2) is 29.9 Å². The zero-order valence-corrected chi connectivity index (χ0v) is 20.3. The number of anilines is 1. The van der Waals surface area contributed by atoms with Gasteiger partial charge in [-0.1, -0.05) is 36.4 Å². The summed E-state index contributed by atoms with van der Waals surface area (Å²) in [6, 6.07) is 21.1. The van der Waals surface area contributed by atoms with Crippen molar-refractivity contribution in [3.8, 4) is 5.69 Å². The molecule has 0 bridgehead atoms. The van der Waals surface area contributed by atoms with Gasteiger partial charge in [-0.2, -0.15) is 0 Å². The number of carbonyl (C=O) groups is 1. The molecule has 35 heavy (non-hydrogen) atoms. The highest BCUT2D eigenvalue weighted by Gasteiger charge is 2.36. The van der Waals surface area contributed by atoms with E-state index >= 15 is 0 Å². The molecule has 0 unspecified atom stereocenters. The maximum absolute atomic E-state index is 13.5. The van der Waals surface area contributed by atoms with E-state index in [1.807, 2.05) is 73.1 Å². The van der Waals surface area contributed by atoms with Crippen LogP contribution in [0.5, 0.6) is 0 Å². The number of rotatable bonds is 6. The molecule has 0 fully saturated rings. The second kappa shape index (κ2) is 9.03. The Labute approximate surface area is 205 Å². The van der Waals surface area contributed by atoms with Gasteiger partial charge >= 0.3 is 0 Å². The van der Waals surface area contributed by atoms with E-state index in [2.05, 4.69) is 10.3 Å². The van der Waals surface area contributed by atoms with Crippen LogP contribution in [0.15, 0.2) is 96.4 Å². The van der Waals surface area contributed by atoms with Gasteiger partial charge in [-0.05, 0) is 67.8 Å². The zero-order valence-electron chi connectivity index (χ0n) is 19.5. The fourth-order valence-electron chi connectivity index (χ4n) is 4.53. The van der Waals surface area contributed by atoms with E-state index in [9.17, 15) is 13.2 Å². The molecule has 4 aromatic rings. The van der Waals surface area contributed by atoms with Gasteiger partial charge in [0, 0.05) is 29.7 Å². The minimum Gasteiger partial charge on any atom is -0.346 e. The monoisotopic (exact) mass is 486 g/mol. The lowest BCUT2D eigenvalue weighted by Gasteiger charge is -2.24. The zero-order chi connectivity index (χ0) is 24.6. The van der Waals surface area contributed by atoms with Crippen molar-refractivity contribution in [3.05, 3.63) is 108 Å². The third-order valence-corrected chi connectivity index (χ3v) is 8.27. The second-order valence-electron chi connectivity index (χ2n) is 8.77. The fourth-order valence-corrected chi connectivity index (χ4v) is 6.26. The molecule has 3 aromatic carbocycles. The minimum absolute atomic E-state index is 0.103. The predicted molar refractivity (Wildman–Crippen MR) is 135 cm³/mol. The number of aromatic nitrogens is 2. The van der Waals surface area contributed by atoms with Crippen LogP contribution in [0, 0.1) is 0 Å². The van der Waals surface area contributed by atoms with Crippen molar-refractivity contribution in [1.82, 2.24) is 14.9 Å². The third-order valence-electron chi connectivity index (χ3n) is 6.34. The van der Waals surface area contributed by atoms with Crippen LogP contribution < -0.4 is 9.62 Å². The van der Waals surface area contributed by atoms with E-state index in [0.29, 0.717) is 17.7 Å². The Bertz CT molecular complexity index is 1460. The van der Waals surface area contributed by atoms with Crippen LogP contribution in [0.2, 0.25) is 0 Å². The molecule has 178 valence electrons. The van der Waals surface area contributed by atoms with Gasteiger partial charge in [-0.25, -0.2) is 13.4 Å². The highest BCUT2D eigenvalue weighted by atomic mass is 32.2. The number of carbonyl (C=O) groups excluding carboxylic acids is 1. The van der Waals surface area contributed by atoms with Gasteiger partial charge in [0.25, 0.3) is 15.9 Å². The normalized spacial score (nSPS) is 16.1. The van der Waals surface area contributed by atoms with Crippen LogP contribution >= 0.6 is 0 Å². The minimum atomic E-state index is -3.82. The topological polar surface area (TPSA) is 84.3 Å². The number of benzene rings is 3. The molecule has 0 aliphatic carbocycles. The van der Waals surface area contributed by atoms with E-state index in [4.69, 9.17) is 0 Å². The van der Waals surface area contributed by atoms with E-state index in [-0.39, 0.29) is 22.9 Å². The molecule has 1 amide bonds. The number of imidazole rings is 1. The molecule has 0 saturated carbocycles. The molecule has 1 aliphatic heterocycles. The average molecular weight is 487 g/mol. The van der Waals surface area contributed by atoms with Gasteiger partial charge in [0.05, 0.1) is 23.0 Å². The molecule has 8 heteroatoms. The molecule has 0 radical (unpaired) electrons. The van der Waals surface area contributed by atoms with Crippen molar-refractivity contribution in [2.75, 3.05) is 4.31 Å². The van der Waals surface area contributed by atoms with Crippen LogP contribution in [0.4, 0.5) is 5.69 Å². The Balaban J connectivity index is 1.34. The molecule has 7 nitrogen and oxygen atoms in total. The summed E-state index contributed by atoms with van der Waals surface area (Å²) >= 11 is 0. The number of para-hydroxylation sites is 1. The molecular weight excluding hydrogens is 460 g/mol. The summed E-state index contributed by atoms with van der Waals surface area (Å²) in [6.45, 7) is 3.79. The number of sulfonamides is 1. The van der Waals surface area contributed by atoms with Crippen molar-refractivity contribution >= 4 is 21.6 Å². The molecule has 0 saturated heterocycles. The van der Waals surface area contributed by atoms with Gasteiger partial charge in [-0.3, -0.25) is 9.10 Å². The van der Waals surface area contributed by atoms with Crippen molar-refractivity contribution in [2.45, 2.75) is 37.2 Å². The number of amides is 1. The Kier molecular flexibility index (Phi) is 5.90. The molecule has 2 atom stereocenters. The molecule has 2 heterocycles. The number of nitrogens with one attached hydrogen (secondary N) is 1. The first-order chi connectivity index (χ1) is 16.8. The Hall–Kier alpha value is -3.91. The molecule has 1 aliphatic rings. The van der Waals surface area contributed by atoms with Gasteiger partial charge in [0.1, 0.15) is 0 Å². The van der Waals surface area contributed by atoms with Crippen LogP contribution in [-0.2, 0) is 16.4 Å². The number of hydrogen-bond donors (Lipinski definition) is 1. The summed E-state index contributed by atoms with van der Waals surface area (Å²) in [5.74, 6) is -0.330. The van der Waals surface area contributed by atoms with Gasteiger partial charge in [0.2, 0.25) is 0 Å². The lowest BCUT2D eigenvalue weighted by atomic mass is 10.1. The molecule has 0 spiro atoms. The van der Waals surface area contributed by atoms with E-state index < -0.39 is 10.0 Å². The molecule has 5 rings (SSSR count). The maximum Gasteiger partial charge on any atom is 0.264 e. The largest absolute Gasteiger partial charge is 0.346 e. The lowest BCUT2D eigenvalue weighted by molar-refractivity contribution is 0.0939. The Morgan fingerprint density at radius 1 is 1.06 bits per heavy atom. The summed E-state index contributed by atoms with van der Waals surface area (Å²) < 4.78 is 30.4. The quantitative estimate of drug-likeness (QED) is 0.435. The van der Waals surface area contributed by atoms with Crippen molar-refractivity contribution in [3.63, 3.8) is 0 Å². The van der Waals surface area contributed by atoms with Gasteiger partial charge in [-0.15, -0.1) is 0 Å². The number of fused-ring (bicyclic) bond motifs is 1. The Morgan fingerprint density at radius 2 is 1.83 bits per heavy atom. The van der Waals surface area contributed by atoms with Crippen LogP contribution in [0.3, 0.4) is 0 Å². The molecule has 1 aromatic heterocycles. The number of nitrogens with zero attached hydrogens (tertiary/aromatic N) is 3. The first-order valence-corrected chi connectivity index (χ1v) is 12.9. The van der Waals surface area contributed by atoms with Crippen LogP contribution in [0.25, 0.3) is 5.69 Å². The first kappa shape index (κ1) is 22.9.